The number of amides is 1. The van der Waals surface area contributed by atoms with Gasteiger partial charge >= 0.3 is 6.18 Å². The number of aryl methyl sites for hydroxylation is 1. The summed E-state index contributed by atoms with van der Waals surface area (Å²) in [5, 5.41) is 6.89. The topological polar surface area (TPSA) is 59.4 Å². The molecule has 168 valence electrons. The van der Waals surface area contributed by atoms with Crippen LogP contribution in [-0.4, -0.2) is 46.8 Å². The fraction of sp³-hybridized carbons (Fsp3) is 0.304. The van der Waals surface area contributed by atoms with Crippen LogP contribution in [-0.2, 0) is 13.2 Å². The summed E-state index contributed by atoms with van der Waals surface area (Å²) in [6.45, 7) is 1.77. The average molecular weight is 444 g/mol. The van der Waals surface area contributed by atoms with Crippen molar-refractivity contribution < 1.29 is 22.7 Å². The average Bonchev–Trinajstić information content (AvgIpc) is 3.36. The Morgan fingerprint density at radius 3 is 2.62 bits per heavy atom. The van der Waals surface area contributed by atoms with Crippen LogP contribution in [0.15, 0.2) is 54.7 Å². The summed E-state index contributed by atoms with van der Waals surface area (Å²) in [4.78, 5) is 14.8. The minimum atomic E-state index is -4.52. The molecular weight excluding hydrogens is 421 g/mol. The second-order valence-electron chi connectivity index (χ2n) is 7.87. The van der Waals surface area contributed by atoms with Crippen LogP contribution in [0.4, 0.5) is 18.9 Å². The van der Waals surface area contributed by atoms with Crippen LogP contribution in [0, 0.1) is 0 Å². The van der Waals surface area contributed by atoms with Gasteiger partial charge in [-0.2, -0.15) is 18.3 Å². The van der Waals surface area contributed by atoms with Crippen molar-refractivity contribution in [3.05, 3.63) is 65.9 Å². The highest BCUT2D eigenvalue weighted by atomic mass is 19.4. The number of hydrogen-bond acceptors (Lipinski definition) is 4. The fourth-order valence-corrected chi connectivity index (χ4v) is 3.76. The molecule has 1 atom stereocenters. The van der Waals surface area contributed by atoms with Gasteiger partial charge < -0.3 is 15.0 Å². The quantitative estimate of drug-likeness (QED) is 0.632. The van der Waals surface area contributed by atoms with Gasteiger partial charge in [-0.05, 0) is 55.9 Å². The summed E-state index contributed by atoms with van der Waals surface area (Å²) >= 11 is 0. The molecule has 0 bridgehead atoms. The Labute approximate surface area is 183 Å². The molecule has 1 fully saturated rings. The predicted molar refractivity (Wildman–Crippen MR) is 115 cm³/mol. The SMILES string of the molecule is CN1CCC(Oc2ccc(NC(=O)c3cccc(C(F)(F)F)c3)cc2-c2ccnn2C)C1. The molecule has 0 saturated carbocycles. The van der Waals surface area contributed by atoms with E-state index in [1.54, 1.807) is 36.1 Å². The van der Waals surface area contributed by atoms with E-state index in [4.69, 9.17) is 4.74 Å². The van der Waals surface area contributed by atoms with Crippen molar-refractivity contribution in [3.8, 4) is 17.0 Å². The van der Waals surface area contributed by atoms with E-state index >= 15 is 0 Å². The van der Waals surface area contributed by atoms with Gasteiger partial charge in [0.25, 0.3) is 5.91 Å². The summed E-state index contributed by atoms with van der Waals surface area (Å²) in [7, 11) is 3.84. The molecule has 0 aliphatic carbocycles. The number of nitrogens with one attached hydrogen (secondary N) is 1. The number of carbonyl (C=O) groups is 1. The molecule has 1 aliphatic heterocycles. The highest BCUT2D eigenvalue weighted by Gasteiger charge is 2.31. The highest BCUT2D eigenvalue weighted by Crippen LogP contribution is 2.34. The molecule has 2 heterocycles. The molecule has 3 aromatic rings. The lowest BCUT2D eigenvalue weighted by molar-refractivity contribution is -0.137. The molecule has 1 aliphatic rings. The smallest absolute Gasteiger partial charge is 0.416 e. The van der Waals surface area contributed by atoms with Crippen LogP contribution in [0.25, 0.3) is 11.3 Å². The molecule has 9 heteroatoms. The summed E-state index contributed by atoms with van der Waals surface area (Å²) in [6.07, 6.45) is -1.89. The van der Waals surface area contributed by atoms with Crippen LogP contribution in [0.1, 0.15) is 22.3 Å². The van der Waals surface area contributed by atoms with Crippen LogP contribution in [0.5, 0.6) is 5.75 Å². The number of halogens is 3. The maximum Gasteiger partial charge on any atom is 0.416 e. The van der Waals surface area contributed by atoms with E-state index in [0.717, 1.165) is 42.9 Å². The number of carbonyl (C=O) groups excluding carboxylic acids is 1. The molecule has 1 saturated heterocycles. The number of benzene rings is 2. The first-order valence-corrected chi connectivity index (χ1v) is 10.2. The molecule has 32 heavy (non-hydrogen) atoms. The molecular formula is C23H23F3N4O2. The Bertz CT molecular complexity index is 1130. The summed E-state index contributed by atoms with van der Waals surface area (Å²) in [5.74, 6) is 0.0316. The number of aromatic nitrogens is 2. The van der Waals surface area contributed by atoms with Gasteiger partial charge in [0, 0.05) is 43.1 Å². The number of ether oxygens (including phenoxy) is 1. The molecule has 6 nitrogen and oxygen atoms in total. The van der Waals surface area contributed by atoms with Gasteiger partial charge in [-0.1, -0.05) is 6.07 Å². The molecule has 1 aromatic heterocycles. The third kappa shape index (κ3) is 4.77. The van der Waals surface area contributed by atoms with Crippen molar-refractivity contribution in [2.45, 2.75) is 18.7 Å². The number of likely N-dealkylation sites (N-methyl/N-ethyl adjacent to an activating group) is 1. The van der Waals surface area contributed by atoms with E-state index < -0.39 is 17.6 Å². The normalized spacial score (nSPS) is 16.8. The van der Waals surface area contributed by atoms with Crippen LogP contribution < -0.4 is 10.1 Å². The Balaban J connectivity index is 1.61. The van der Waals surface area contributed by atoms with Crippen molar-refractivity contribution >= 4 is 11.6 Å². The van der Waals surface area contributed by atoms with Crippen LogP contribution in [0.2, 0.25) is 0 Å². The first kappa shape index (κ1) is 21.9. The van der Waals surface area contributed by atoms with Gasteiger partial charge in [-0.15, -0.1) is 0 Å². The first-order chi connectivity index (χ1) is 15.2. The lowest BCUT2D eigenvalue weighted by Gasteiger charge is -2.18. The van der Waals surface area contributed by atoms with Gasteiger partial charge in [0.1, 0.15) is 11.9 Å². The Morgan fingerprint density at radius 2 is 1.97 bits per heavy atom. The van der Waals surface area contributed by atoms with Crippen molar-refractivity contribution in [2.75, 3.05) is 25.5 Å². The summed E-state index contributed by atoms with van der Waals surface area (Å²) in [5.41, 5.74) is 1.03. The maximum absolute atomic E-state index is 13.0. The molecule has 1 unspecified atom stereocenters. The number of nitrogens with zero attached hydrogens (tertiary/aromatic N) is 3. The minimum Gasteiger partial charge on any atom is -0.488 e. The highest BCUT2D eigenvalue weighted by molar-refractivity contribution is 6.04. The number of likely N-dealkylation sites (tertiary alicyclic amines) is 1. The monoisotopic (exact) mass is 444 g/mol. The van der Waals surface area contributed by atoms with Gasteiger partial charge in [-0.3, -0.25) is 9.48 Å². The zero-order chi connectivity index (χ0) is 22.9. The summed E-state index contributed by atoms with van der Waals surface area (Å²) < 4.78 is 46.9. The number of alkyl halides is 3. The van der Waals surface area contributed by atoms with Gasteiger partial charge in [0.15, 0.2) is 0 Å². The van der Waals surface area contributed by atoms with Crippen molar-refractivity contribution in [2.24, 2.45) is 7.05 Å². The largest absolute Gasteiger partial charge is 0.488 e. The van der Waals surface area contributed by atoms with Gasteiger partial charge in [0.2, 0.25) is 0 Å². The van der Waals surface area contributed by atoms with Gasteiger partial charge in [0.05, 0.1) is 11.3 Å². The fourth-order valence-electron chi connectivity index (χ4n) is 3.76. The second-order valence-corrected chi connectivity index (χ2v) is 7.87. The van der Waals surface area contributed by atoms with Crippen molar-refractivity contribution in [1.29, 1.82) is 0 Å². The number of anilines is 1. The predicted octanol–water partition coefficient (Wildman–Crippen LogP) is 4.44. The Kier molecular flexibility index (Phi) is 5.92. The van der Waals surface area contributed by atoms with Crippen LogP contribution in [0.3, 0.4) is 0 Å². The van der Waals surface area contributed by atoms with E-state index in [2.05, 4.69) is 15.3 Å². The lowest BCUT2D eigenvalue weighted by atomic mass is 10.1. The lowest BCUT2D eigenvalue weighted by Crippen LogP contribution is -2.21. The van der Waals surface area contributed by atoms with Crippen LogP contribution >= 0.6 is 0 Å². The Hall–Kier alpha value is -3.33. The number of rotatable bonds is 5. The van der Waals surface area contributed by atoms with E-state index in [0.29, 0.717) is 11.4 Å². The third-order valence-electron chi connectivity index (χ3n) is 5.43. The Morgan fingerprint density at radius 1 is 1.16 bits per heavy atom. The zero-order valence-corrected chi connectivity index (χ0v) is 17.7. The minimum absolute atomic E-state index is 0.0533. The van der Waals surface area contributed by atoms with E-state index in [1.807, 2.05) is 13.1 Å². The second kappa shape index (κ2) is 8.66. The molecule has 4 rings (SSSR count). The maximum atomic E-state index is 13.0. The molecule has 2 aromatic carbocycles. The third-order valence-corrected chi connectivity index (χ3v) is 5.43. The molecule has 1 N–H and O–H groups in total. The van der Waals surface area contributed by atoms with E-state index in [9.17, 15) is 18.0 Å². The molecule has 0 radical (unpaired) electrons. The number of hydrogen-bond donors (Lipinski definition) is 1. The zero-order valence-electron chi connectivity index (χ0n) is 17.7. The molecule has 0 spiro atoms. The molecule has 1 amide bonds. The van der Waals surface area contributed by atoms with Crippen molar-refractivity contribution in [1.82, 2.24) is 14.7 Å². The van der Waals surface area contributed by atoms with Gasteiger partial charge in [-0.25, -0.2) is 0 Å². The van der Waals surface area contributed by atoms with Crippen molar-refractivity contribution in [3.63, 3.8) is 0 Å². The van der Waals surface area contributed by atoms with E-state index in [-0.39, 0.29) is 11.7 Å². The standard InChI is InChI=1S/C23H23F3N4O2/c1-29-11-9-18(14-29)32-21-7-6-17(13-19(21)20-8-10-27-30(20)2)28-22(31)15-4-3-5-16(12-15)23(24,25)26/h3-8,10,12-13,18H,9,11,14H2,1-2H3,(H,28,31). The first-order valence-electron chi connectivity index (χ1n) is 10.2. The van der Waals surface area contributed by atoms with E-state index in [1.165, 1.54) is 12.1 Å². The summed E-state index contributed by atoms with van der Waals surface area (Å²) in [6, 6.07) is 11.4.